The van der Waals surface area contributed by atoms with Gasteiger partial charge in [-0.15, -0.1) is 0 Å². The van der Waals surface area contributed by atoms with Crippen LogP contribution in [0.2, 0.25) is 0 Å². The van der Waals surface area contributed by atoms with Gasteiger partial charge in [-0.3, -0.25) is 14.7 Å². The molecule has 1 amide bonds. The Hall–Kier alpha value is -3.20. The van der Waals surface area contributed by atoms with E-state index in [0.29, 0.717) is 54.4 Å². The van der Waals surface area contributed by atoms with Gasteiger partial charge in [-0.25, -0.2) is 19.4 Å². The third kappa shape index (κ3) is 6.69. The number of carbonyl (C=O) groups excluding carboxylic acids is 1. The van der Waals surface area contributed by atoms with E-state index in [4.69, 9.17) is 9.97 Å². The third-order valence-electron chi connectivity index (χ3n) is 7.79. The Labute approximate surface area is 232 Å². The van der Waals surface area contributed by atoms with E-state index in [0.717, 1.165) is 56.8 Å². The number of halogens is 1. The van der Waals surface area contributed by atoms with E-state index in [9.17, 15) is 9.18 Å². The number of nitrogens with zero attached hydrogens (tertiary/aromatic N) is 7. The van der Waals surface area contributed by atoms with E-state index in [2.05, 4.69) is 26.7 Å². The van der Waals surface area contributed by atoms with E-state index < -0.39 is 0 Å². The SMILES string of the molecule is CCC=NC(=NCC)c1cnc(N2CCN(C3CCN(C(=O)c4ccc(C)c(F)c4)CC3)C(CC)C2)c(C)n1. The quantitative estimate of drug-likeness (QED) is 0.380. The molecule has 1 atom stereocenters. The first kappa shape index (κ1) is 28.8. The average molecular weight is 536 g/mol. The maximum absolute atomic E-state index is 14.0. The summed E-state index contributed by atoms with van der Waals surface area (Å²) in [5.41, 5.74) is 2.60. The van der Waals surface area contributed by atoms with E-state index in [1.165, 1.54) is 6.07 Å². The molecule has 0 N–H and O–H groups in total. The van der Waals surface area contributed by atoms with E-state index in [-0.39, 0.29) is 11.7 Å². The van der Waals surface area contributed by atoms with Crippen LogP contribution in [0.15, 0.2) is 34.4 Å². The van der Waals surface area contributed by atoms with E-state index in [1.807, 2.05) is 31.9 Å². The van der Waals surface area contributed by atoms with Crippen LogP contribution < -0.4 is 4.90 Å². The molecule has 2 aromatic rings. The van der Waals surface area contributed by atoms with Gasteiger partial charge in [0.05, 0.1) is 11.9 Å². The van der Waals surface area contributed by atoms with Gasteiger partial charge >= 0.3 is 0 Å². The van der Waals surface area contributed by atoms with Crippen LogP contribution in [0.1, 0.15) is 73.8 Å². The van der Waals surface area contributed by atoms with Crippen molar-refractivity contribution in [1.29, 1.82) is 0 Å². The van der Waals surface area contributed by atoms with Crippen molar-refractivity contribution in [2.24, 2.45) is 9.98 Å². The fraction of sp³-hybridized carbons (Fsp3) is 0.567. The minimum Gasteiger partial charge on any atom is -0.352 e. The number of piperidine rings is 1. The van der Waals surface area contributed by atoms with Crippen molar-refractivity contribution in [2.75, 3.05) is 44.2 Å². The molecule has 0 radical (unpaired) electrons. The molecule has 2 fully saturated rings. The maximum Gasteiger partial charge on any atom is 0.253 e. The molecule has 8 nitrogen and oxygen atoms in total. The Morgan fingerprint density at radius 1 is 1.13 bits per heavy atom. The molecule has 0 spiro atoms. The Bertz CT molecular complexity index is 1210. The van der Waals surface area contributed by atoms with Crippen LogP contribution in [0.5, 0.6) is 0 Å². The first-order chi connectivity index (χ1) is 18.9. The Morgan fingerprint density at radius 3 is 2.54 bits per heavy atom. The number of hydrogen-bond acceptors (Lipinski definition) is 6. The standard InChI is InChI=1S/C30H42FN7O/c1-6-13-33-28(32-8-3)27-19-34-29(22(5)35-27)37-16-17-38(24(7-2)20-37)25-11-14-36(15-12-25)30(39)23-10-9-21(4)26(31)18-23/h9-10,13,18-19,24-25H,6-8,11-12,14-17,20H2,1-5H3. The van der Waals surface area contributed by atoms with Gasteiger partial charge in [0.2, 0.25) is 0 Å². The number of amidine groups is 1. The molecule has 0 bridgehead atoms. The maximum atomic E-state index is 14.0. The highest BCUT2D eigenvalue weighted by molar-refractivity contribution is 6.01. The topological polar surface area (TPSA) is 77.3 Å². The molecule has 2 saturated heterocycles. The van der Waals surface area contributed by atoms with Gasteiger partial charge in [0, 0.05) is 63.1 Å². The zero-order chi connectivity index (χ0) is 27.9. The Balaban J connectivity index is 1.38. The number of aliphatic imine (C=N–C) groups is 2. The lowest BCUT2D eigenvalue weighted by Gasteiger charge is -2.47. The summed E-state index contributed by atoms with van der Waals surface area (Å²) in [5, 5.41) is 0. The molecule has 1 aromatic heterocycles. The van der Waals surface area contributed by atoms with Crippen LogP contribution in [-0.4, -0.2) is 89.1 Å². The largest absolute Gasteiger partial charge is 0.352 e. The van der Waals surface area contributed by atoms with E-state index in [1.54, 1.807) is 25.3 Å². The van der Waals surface area contributed by atoms with E-state index >= 15 is 0 Å². The van der Waals surface area contributed by atoms with Crippen LogP contribution in [0.4, 0.5) is 10.2 Å². The normalized spacial score (nSPS) is 19.7. The smallest absolute Gasteiger partial charge is 0.253 e. The molecular formula is C30H42FN7O. The van der Waals surface area contributed by atoms with Crippen molar-refractivity contribution >= 4 is 23.8 Å². The number of piperazine rings is 1. The first-order valence-corrected chi connectivity index (χ1v) is 14.3. The lowest BCUT2D eigenvalue weighted by atomic mass is 9.97. The lowest BCUT2D eigenvalue weighted by molar-refractivity contribution is 0.0490. The van der Waals surface area contributed by atoms with Crippen molar-refractivity contribution < 1.29 is 9.18 Å². The molecule has 3 heterocycles. The highest BCUT2D eigenvalue weighted by Gasteiger charge is 2.35. The minimum atomic E-state index is -0.325. The zero-order valence-corrected chi connectivity index (χ0v) is 24.0. The fourth-order valence-electron chi connectivity index (χ4n) is 5.62. The predicted octanol–water partition coefficient (Wildman–Crippen LogP) is 4.69. The van der Waals surface area contributed by atoms with Gasteiger partial charge < -0.3 is 9.80 Å². The molecule has 39 heavy (non-hydrogen) atoms. The number of aryl methyl sites for hydroxylation is 2. The van der Waals surface area contributed by atoms with Crippen molar-refractivity contribution in [2.45, 2.75) is 72.4 Å². The molecule has 1 unspecified atom stereocenters. The van der Waals surface area contributed by atoms with Gasteiger partial charge in [0.1, 0.15) is 17.3 Å². The molecule has 210 valence electrons. The van der Waals surface area contributed by atoms with Crippen LogP contribution in [0.3, 0.4) is 0 Å². The monoisotopic (exact) mass is 535 g/mol. The summed E-state index contributed by atoms with van der Waals surface area (Å²) < 4.78 is 14.0. The Morgan fingerprint density at radius 2 is 1.90 bits per heavy atom. The predicted molar refractivity (Wildman–Crippen MR) is 156 cm³/mol. The number of anilines is 1. The van der Waals surface area contributed by atoms with Crippen molar-refractivity contribution in [1.82, 2.24) is 19.8 Å². The summed E-state index contributed by atoms with van der Waals surface area (Å²) in [7, 11) is 0. The first-order valence-electron chi connectivity index (χ1n) is 14.3. The number of hydrogen-bond donors (Lipinski definition) is 0. The fourth-order valence-corrected chi connectivity index (χ4v) is 5.62. The second-order valence-electron chi connectivity index (χ2n) is 10.4. The molecular weight excluding hydrogens is 493 g/mol. The number of amides is 1. The molecule has 2 aliphatic heterocycles. The molecule has 1 aromatic carbocycles. The van der Waals surface area contributed by atoms with Gasteiger partial charge in [-0.2, -0.15) is 0 Å². The Kier molecular flexibility index (Phi) is 9.78. The lowest BCUT2D eigenvalue weighted by Crippen LogP contribution is -2.59. The minimum absolute atomic E-state index is 0.0748. The summed E-state index contributed by atoms with van der Waals surface area (Å²) in [6.07, 6.45) is 7.40. The summed E-state index contributed by atoms with van der Waals surface area (Å²) in [6, 6.07) is 5.62. The molecule has 0 saturated carbocycles. The highest BCUT2D eigenvalue weighted by atomic mass is 19.1. The molecule has 9 heteroatoms. The highest BCUT2D eigenvalue weighted by Crippen LogP contribution is 2.27. The number of carbonyl (C=O) groups is 1. The summed E-state index contributed by atoms with van der Waals surface area (Å²) in [4.78, 5) is 38.4. The summed E-state index contributed by atoms with van der Waals surface area (Å²) in [5.74, 6) is 1.16. The van der Waals surface area contributed by atoms with Crippen LogP contribution in [0, 0.1) is 19.7 Å². The van der Waals surface area contributed by atoms with Crippen molar-refractivity contribution in [3.63, 3.8) is 0 Å². The van der Waals surface area contributed by atoms with Crippen LogP contribution in [-0.2, 0) is 0 Å². The van der Waals surface area contributed by atoms with Gasteiger partial charge in [-0.05, 0) is 64.2 Å². The second kappa shape index (κ2) is 13.2. The number of aromatic nitrogens is 2. The van der Waals surface area contributed by atoms with Gasteiger partial charge in [-0.1, -0.05) is 19.9 Å². The zero-order valence-electron chi connectivity index (χ0n) is 24.0. The van der Waals surface area contributed by atoms with Gasteiger partial charge in [0.15, 0.2) is 5.84 Å². The van der Waals surface area contributed by atoms with Crippen LogP contribution in [0.25, 0.3) is 0 Å². The van der Waals surface area contributed by atoms with Crippen molar-refractivity contribution in [3.8, 4) is 0 Å². The molecule has 4 rings (SSSR count). The van der Waals surface area contributed by atoms with Gasteiger partial charge in [0.25, 0.3) is 5.91 Å². The average Bonchev–Trinajstić information content (AvgIpc) is 2.96. The number of likely N-dealkylation sites (tertiary alicyclic amines) is 1. The third-order valence-corrected chi connectivity index (χ3v) is 7.79. The van der Waals surface area contributed by atoms with Crippen LogP contribution >= 0.6 is 0 Å². The van der Waals surface area contributed by atoms with Crippen molar-refractivity contribution in [3.05, 3.63) is 52.7 Å². The number of rotatable bonds is 7. The summed E-state index contributed by atoms with van der Waals surface area (Å²) in [6.45, 7) is 14.8. The molecule has 2 aliphatic rings. The number of benzene rings is 1. The molecule has 0 aliphatic carbocycles. The summed E-state index contributed by atoms with van der Waals surface area (Å²) >= 11 is 0. The second-order valence-corrected chi connectivity index (χ2v) is 10.4.